The topological polar surface area (TPSA) is 78.5 Å². The lowest BCUT2D eigenvalue weighted by Gasteiger charge is -2.33. The van der Waals surface area contributed by atoms with Crippen molar-refractivity contribution in [3.05, 3.63) is 21.9 Å². The normalized spacial score (nSPS) is 18.9. The molecule has 1 aromatic heterocycles. The van der Waals surface area contributed by atoms with Crippen LogP contribution in [-0.4, -0.2) is 48.3 Å². The highest BCUT2D eigenvalue weighted by atomic mass is 32.1. The maximum Gasteiger partial charge on any atom is 0.261 e. The Morgan fingerprint density at radius 2 is 1.78 bits per heavy atom. The van der Waals surface area contributed by atoms with Crippen molar-refractivity contribution in [3.8, 4) is 0 Å². The first-order valence-electron chi connectivity index (χ1n) is 9.95. The minimum absolute atomic E-state index is 0.0227. The number of rotatable bonds is 5. The van der Waals surface area contributed by atoms with E-state index in [1.54, 1.807) is 11.0 Å². The second-order valence-corrected chi connectivity index (χ2v) is 8.88. The third-order valence-corrected chi connectivity index (χ3v) is 6.53. The molecular formula is C20H29N3O3S. The van der Waals surface area contributed by atoms with E-state index < -0.39 is 0 Å². The smallest absolute Gasteiger partial charge is 0.261 e. The second kappa shape index (κ2) is 9.35. The van der Waals surface area contributed by atoms with E-state index in [9.17, 15) is 14.4 Å². The molecule has 0 bridgehead atoms. The molecule has 1 aromatic rings. The summed E-state index contributed by atoms with van der Waals surface area (Å²) in [6.07, 6.45) is 7.13. The van der Waals surface area contributed by atoms with Gasteiger partial charge in [0.25, 0.3) is 5.91 Å². The van der Waals surface area contributed by atoms with Gasteiger partial charge in [0.15, 0.2) is 0 Å². The molecule has 1 aliphatic carbocycles. The van der Waals surface area contributed by atoms with Crippen molar-refractivity contribution in [1.29, 1.82) is 0 Å². The Morgan fingerprint density at radius 1 is 1.07 bits per heavy atom. The molecule has 2 N–H and O–H groups in total. The molecule has 7 heteroatoms. The van der Waals surface area contributed by atoms with E-state index in [1.807, 2.05) is 13.0 Å². The summed E-state index contributed by atoms with van der Waals surface area (Å²) in [5.41, 5.74) is 0. The van der Waals surface area contributed by atoms with Gasteiger partial charge in [-0.3, -0.25) is 14.4 Å². The third-order valence-electron chi connectivity index (χ3n) is 5.53. The SMILES string of the molecule is Cc1ccc(C(=O)NCC(=O)N2CCC(NC(=O)C3CCCCC3)CC2)s1. The van der Waals surface area contributed by atoms with Crippen LogP contribution >= 0.6 is 11.3 Å². The first kappa shape index (κ1) is 19.9. The lowest BCUT2D eigenvalue weighted by molar-refractivity contribution is -0.131. The van der Waals surface area contributed by atoms with Gasteiger partial charge in [-0.15, -0.1) is 11.3 Å². The largest absolute Gasteiger partial charge is 0.353 e. The highest BCUT2D eigenvalue weighted by Crippen LogP contribution is 2.24. The minimum atomic E-state index is -0.198. The molecule has 6 nitrogen and oxygen atoms in total. The molecule has 27 heavy (non-hydrogen) atoms. The van der Waals surface area contributed by atoms with Gasteiger partial charge in [0, 0.05) is 29.9 Å². The maximum absolute atomic E-state index is 12.4. The zero-order valence-corrected chi connectivity index (χ0v) is 16.8. The Hall–Kier alpha value is -1.89. The molecular weight excluding hydrogens is 362 g/mol. The molecule has 1 saturated heterocycles. The summed E-state index contributed by atoms with van der Waals surface area (Å²) in [6.45, 7) is 3.23. The zero-order valence-electron chi connectivity index (χ0n) is 16.0. The van der Waals surface area contributed by atoms with Crippen molar-refractivity contribution in [3.63, 3.8) is 0 Å². The number of carbonyl (C=O) groups is 3. The van der Waals surface area contributed by atoms with Crippen molar-refractivity contribution in [1.82, 2.24) is 15.5 Å². The maximum atomic E-state index is 12.4. The summed E-state index contributed by atoms with van der Waals surface area (Å²) >= 11 is 1.42. The summed E-state index contributed by atoms with van der Waals surface area (Å²) in [4.78, 5) is 40.2. The van der Waals surface area contributed by atoms with Crippen LogP contribution in [0.5, 0.6) is 0 Å². The molecule has 1 saturated carbocycles. The van der Waals surface area contributed by atoms with E-state index in [1.165, 1.54) is 17.8 Å². The van der Waals surface area contributed by atoms with E-state index in [0.29, 0.717) is 18.0 Å². The monoisotopic (exact) mass is 391 g/mol. The molecule has 0 aromatic carbocycles. The standard InChI is InChI=1S/C20H29N3O3S/c1-14-7-8-17(27-14)20(26)21-13-18(24)23-11-9-16(10-12-23)22-19(25)15-5-3-2-4-6-15/h7-8,15-16H,2-6,9-13H2,1H3,(H,21,26)(H,22,25). The number of thiophene rings is 1. The van der Waals surface area contributed by atoms with Crippen molar-refractivity contribution >= 4 is 29.1 Å². The molecule has 1 aliphatic heterocycles. The van der Waals surface area contributed by atoms with Crippen molar-refractivity contribution in [2.75, 3.05) is 19.6 Å². The molecule has 148 valence electrons. The number of hydrogen-bond acceptors (Lipinski definition) is 4. The summed E-state index contributed by atoms with van der Waals surface area (Å²) in [5.74, 6) is 0.109. The van der Waals surface area contributed by atoms with Gasteiger partial charge in [0.1, 0.15) is 0 Å². The predicted molar refractivity (Wildman–Crippen MR) is 106 cm³/mol. The van der Waals surface area contributed by atoms with E-state index in [-0.39, 0.29) is 36.2 Å². The molecule has 2 fully saturated rings. The molecule has 2 aliphatic rings. The van der Waals surface area contributed by atoms with Crippen LogP contribution in [0.1, 0.15) is 59.5 Å². The van der Waals surface area contributed by atoms with E-state index >= 15 is 0 Å². The number of amides is 3. The molecule has 0 unspecified atom stereocenters. The molecule has 3 amide bonds. The van der Waals surface area contributed by atoms with Gasteiger partial charge in [-0.2, -0.15) is 0 Å². The number of likely N-dealkylation sites (tertiary alicyclic amines) is 1. The Bertz CT molecular complexity index is 674. The van der Waals surface area contributed by atoms with Crippen LogP contribution in [0, 0.1) is 12.8 Å². The first-order chi connectivity index (χ1) is 13.0. The fraction of sp³-hybridized carbons (Fsp3) is 0.650. The van der Waals surface area contributed by atoms with E-state index in [4.69, 9.17) is 0 Å². The van der Waals surface area contributed by atoms with Gasteiger partial charge in [-0.25, -0.2) is 0 Å². The van der Waals surface area contributed by atoms with Gasteiger partial charge < -0.3 is 15.5 Å². The Kier molecular flexibility index (Phi) is 6.88. The Balaban J connectivity index is 1.37. The van der Waals surface area contributed by atoms with Crippen LogP contribution in [-0.2, 0) is 9.59 Å². The Morgan fingerprint density at radius 3 is 2.41 bits per heavy atom. The fourth-order valence-corrected chi connectivity index (χ4v) is 4.65. The Labute approximate surface area is 164 Å². The number of carbonyl (C=O) groups excluding carboxylic acids is 3. The molecule has 0 spiro atoms. The van der Waals surface area contributed by atoms with Crippen LogP contribution < -0.4 is 10.6 Å². The van der Waals surface area contributed by atoms with Crippen LogP contribution in [0.4, 0.5) is 0 Å². The number of nitrogens with zero attached hydrogens (tertiary/aromatic N) is 1. The molecule has 2 heterocycles. The lowest BCUT2D eigenvalue weighted by Crippen LogP contribution is -2.49. The highest BCUT2D eigenvalue weighted by Gasteiger charge is 2.27. The van der Waals surface area contributed by atoms with Crippen molar-refractivity contribution in [2.45, 2.75) is 57.9 Å². The lowest BCUT2D eigenvalue weighted by atomic mass is 9.88. The first-order valence-corrected chi connectivity index (χ1v) is 10.8. The number of piperidine rings is 1. The number of aryl methyl sites for hydroxylation is 1. The highest BCUT2D eigenvalue weighted by molar-refractivity contribution is 7.13. The van der Waals surface area contributed by atoms with Gasteiger partial charge in [-0.1, -0.05) is 19.3 Å². The fourth-order valence-electron chi connectivity index (χ4n) is 3.87. The van der Waals surface area contributed by atoms with Gasteiger partial charge in [0.2, 0.25) is 11.8 Å². The molecule has 0 atom stereocenters. The van der Waals surface area contributed by atoms with E-state index in [2.05, 4.69) is 10.6 Å². The van der Waals surface area contributed by atoms with Crippen molar-refractivity contribution in [2.24, 2.45) is 5.92 Å². The van der Waals surface area contributed by atoms with Crippen LogP contribution in [0.3, 0.4) is 0 Å². The van der Waals surface area contributed by atoms with Gasteiger partial charge in [0.05, 0.1) is 11.4 Å². The summed E-state index contributed by atoms with van der Waals surface area (Å²) in [7, 11) is 0. The summed E-state index contributed by atoms with van der Waals surface area (Å²) < 4.78 is 0. The van der Waals surface area contributed by atoms with Crippen LogP contribution in [0.25, 0.3) is 0 Å². The number of hydrogen-bond donors (Lipinski definition) is 2. The van der Waals surface area contributed by atoms with Crippen LogP contribution in [0.2, 0.25) is 0 Å². The molecule has 3 rings (SSSR count). The van der Waals surface area contributed by atoms with Crippen molar-refractivity contribution < 1.29 is 14.4 Å². The van der Waals surface area contributed by atoms with Crippen LogP contribution in [0.15, 0.2) is 12.1 Å². The van der Waals surface area contributed by atoms with Gasteiger partial charge >= 0.3 is 0 Å². The summed E-state index contributed by atoms with van der Waals surface area (Å²) in [5, 5.41) is 5.88. The number of nitrogens with one attached hydrogen (secondary N) is 2. The zero-order chi connectivity index (χ0) is 19.2. The predicted octanol–water partition coefficient (Wildman–Crippen LogP) is 2.47. The third kappa shape index (κ3) is 5.54. The van der Waals surface area contributed by atoms with Gasteiger partial charge in [-0.05, 0) is 44.7 Å². The second-order valence-electron chi connectivity index (χ2n) is 7.59. The average molecular weight is 392 g/mol. The average Bonchev–Trinajstić information content (AvgIpc) is 3.13. The molecule has 0 radical (unpaired) electrons. The minimum Gasteiger partial charge on any atom is -0.353 e. The van der Waals surface area contributed by atoms with E-state index in [0.717, 1.165) is 43.4 Å². The summed E-state index contributed by atoms with van der Waals surface area (Å²) in [6, 6.07) is 3.83. The quantitative estimate of drug-likeness (QED) is 0.809.